The van der Waals surface area contributed by atoms with E-state index in [0.29, 0.717) is 17.1 Å². The number of rotatable bonds is 4. The molecule has 2 rings (SSSR count). The Morgan fingerprint density at radius 3 is 2.55 bits per heavy atom. The zero-order valence-electron chi connectivity index (χ0n) is 12.9. The van der Waals surface area contributed by atoms with Gasteiger partial charge in [0.2, 0.25) is 0 Å². The molecule has 0 fully saturated rings. The molecule has 0 saturated carbocycles. The summed E-state index contributed by atoms with van der Waals surface area (Å²) in [5, 5.41) is 2.84. The lowest BCUT2D eigenvalue weighted by Gasteiger charge is -2.13. The van der Waals surface area contributed by atoms with E-state index in [1.807, 2.05) is 45.0 Å². The van der Waals surface area contributed by atoms with Crippen LogP contribution in [0.2, 0.25) is 0 Å². The van der Waals surface area contributed by atoms with Crippen molar-refractivity contribution < 1.29 is 9.53 Å². The van der Waals surface area contributed by atoms with Crippen molar-refractivity contribution >= 4 is 33.2 Å². The third-order valence-corrected chi connectivity index (χ3v) is 3.89. The van der Waals surface area contributed by atoms with Crippen molar-refractivity contribution in [2.45, 2.75) is 20.8 Å². The van der Waals surface area contributed by atoms with E-state index in [2.05, 4.69) is 21.2 Å². The molecule has 0 aliphatic rings. The minimum Gasteiger partial charge on any atom is -0.483 e. The third-order valence-electron chi connectivity index (χ3n) is 3.26. The first-order valence-corrected chi connectivity index (χ1v) is 7.71. The summed E-state index contributed by atoms with van der Waals surface area (Å²) in [5.41, 5.74) is 10.2. The number of ether oxygens (including phenoxy) is 1. The van der Waals surface area contributed by atoms with Crippen LogP contribution < -0.4 is 15.8 Å². The van der Waals surface area contributed by atoms with E-state index in [9.17, 15) is 4.79 Å². The van der Waals surface area contributed by atoms with Gasteiger partial charge in [0.05, 0.1) is 5.69 Å². The van der Waals surface area contributed by atoms with Crippen LogP contribution >= 0.6 is 15.9 Å². The zero-order chi connectivity index (χ0) is 16.3. The molecule has 3 N–H and O–H groups in total. The van der Waals surface area contributed by atoms with Crippen molar-refractivity contribution in [2.24, 2.45) is 0 Å². The number of halogens is 1. The van der Waals surface area contributed by atoms with Gasteiger partial charge in [0, 0.05) is 10.2 Å². The van der Waals surface area contributed by atoms with Gasteiger partial charge in [-0.25, -0.2) is 0 Å². The standard InChI is InChI=1S/C17H19BrN2O2/c1-10-4-5-15(11(2)6-10)22-9-16(21)20-17-12(3)7-13(19)8-14(17)18/h4-8H,9,19H2,1-3H3,(H,20,21). The quantitative estimate of drug-likeness (QED) is 0.808. The molecule has 0 spiro atoms. The number of nitrogens with one attached hydrogen (secondary N) is 1. The van der Waals surface area contributed by atoms with Gasteiger partial charge in [-0.3, -0.25) is 4.79 Å². The summed E-state index contributed by atoms with van der Waals surface area (Å²) in [7, 11) is 0. The molecule has 0 atom stereocenters. The summed E-state index contributed by atoms with van der Waals surface area (Å²) in [6.07, 6.45) is 0. The normalized spacial score (nSPS) is 10.4. The monoisotopic (exact) mass is 362 g/mol. The first kappa shape index (κ1) is 16.4. The summed E-state index contributed by atoms with van der Waals surface area (Å²) in [5.74, 6) is 0.502. The van der Waals surface area contributed by atoms with E-state index in [1.54, 1.807) is 6.07 Å². The molecule has 4 nitrogen and oxygen atoms in total. The Bertz CT molecular complexity index is 691. The Kier molecular flexibility index (Phi) is 5.08. The first-order chi connectivity index (χ1) is 10.4. The minimum absolute atomic E-state index is 0.0415. The van der Waals surface area contributed by atoms with Crippen molar-refractivity contribution in [3.8, 4) is 5.75 Å². The third kappa shape index (κ3) is 4.01. The maximum absolute atomic E-state index is 12.1. The lowest BCUT2D eigenvalue weighted by atomic mass is 10.1. The van der Waals surface area contributed by atoms with Crippen molar-refractivity contribution in [3.05, 3.63) is 51.5 Å². The molecule has 0 unspecified atom stereocenters. The van der Waals surface area contributed by atoms with Crippen molar-refractivity contribution in [1.29, 1.82) is 0 Å². The molecule has 1 amide bonds. The van der Waals surface area contributed by atoms with Crippen LogP contribution in [-0.4, -0.2) is 12.5 Å². The van der Waals surface area contributed by atoms with Crippen LogP contribution in [0.5, 0.6) is 5.75 Å². The molecule has 0 aliphatic heterocycles. The van der Waals surface area contributed by atoms with E-state index in [0.717, 1.165) is 21.2 Å². The maximum atomic E-state index is 12.1. The van der Waals surface area contributed by atoms with Gasteiger partial charge >= 0.3 is 0 Å². The smallest absolute Gasteiger partial charge is 0.262 e. The van der Waals surface area contributed by atoms with E-state index in [4.69, 9.17) is 10.5 Å². The number of aryl methyl sites for hydroxylation is 3. The molecule has 0 aromatic heterocycles. The minimum atomic E-state index is -0.214. The second kappa shape index (κ2) is 6.83. The SMILES string of the molecule is Cc1ccc(OCC(=O)Nc2c(C)cc(N)cc2Br)c(C)c1. The molecule has 2 aromatic rings. The Morgan fingerprint density at radius 1 is 1.18 bits per heavy atom. The molecular weight excluding hydrogens is 344 g/mol. The Balaban J connectivity index is 2.02. The van der Waals surface area contributed by atoms with Gasteiger partial charge in [0.1, 0.15) is 5.75 Å². The summed E-state index contributed by atoms with van der Waals surface area (Å²) in [6.45, 7) is 5.83. The molecular formula is C17H19BrN2O2. The highest BCUT2D eigenvalue weighted by molar-refractivity contribution is 9.10. The number of hydrogen-bond donors (Lipinski definition) is 2. The first-order valence-electron chi connectivity index (χ1n) is 6.92. The predicted molar refractivity (Wildman–Crippen MR) is 93.3 cm³/mol. The van der Waals surface area contributed by atoms with Gasteiger partial charge in [-0.1, -0.05) is 17.7 Å². The van der Waals surface area contributed by atoms with Crippen molar-refractivity contribution in [1.82, 2.24) is 0 Å². The summed E-state index contributed by atoms with van der Waals surface area (Å²) >= 11 is 3.41. The zero-order valence-corrected chi connectivity index (χ0v) is 14.5. The van der Waals surface area contributed by atoms with Crippen LogP contribution in [0.1, 0.15) is 16.7 Å². The summed E-state index contributed by atoms with van der Waals surface area (Å²) in [4.78, 5) is 12.1. The highest BCUT2D eigenvalue weighted by Crippen LogP contribution is 2.29. The van der Waals surface area contributed by atoms with Gasteiger partial charge in [-0.2, -0.15) is 0 Å². The maximum Gasteiger partial charge on any atom is 0.262 e. The average Bonchev–Trinajstić information content (AvgIpc) is 2.42. The summed E-state index contributed by atoms with van der Waals surface area (Å²) in [6, 6.07) is 9.43. The molecule has 116 valence electrons. The fourth-order valence-electron chi connectivity index (χ4n) is 2.21. The second-order valence-corrected chi connectivity index (χ2v) is 6.15. The number of anilines is 2. The van der Waals surface area contributed by atoms with E-state index >= 15 is 0 Å². The van der Waals surface area contributed by atoms with Crippen LogP contribution in [0.25, 0.3) is 0 Å². The second-order valence-electron chi connectivity index (χ2n) is 5.30. The van der Waals surface area contributed by atoms with Crippen LogP contribution in [0.15, 0.2) is 34.8 Å². The van der Waals surface area contributed by atoms with Gasteiger partial charge in [0.15, 0.2) is 6.61 Å². The Labute approximate surface area is 138 Å². The van der Waals surface area contributed by atoms with E-state index < -0.39 is 0 Å². The highest BCUT2D eigenvalue weighted by Gasteiger charge is 2.10. The molecule has 5 heteroatoms. The fourth-order valence-corrected chi connectivity index (χ4v) is 2.89. The number of benzene rings is 2. The Morgan fingerprint density at radius 2 is 1.91 bits per heavy atom. The van der Waals surface area contributed by atoms with Gasteiger partial charge < -0.3 is 15.8 Å². The van der Waals surface area contributed by atoms with Gasteiger partial charge in [-0.05, 0) is 66.0 Å². The van der Waals surface area contributed by atoms with Gasteiger partial charge in [-0.15, -0.1) is 0 Å². The lowest BCUT2D eigenvalue weighted by Crippen LogP contribution is -2.21. The Hall–Kier alpha value is -2.01. The van der Waals surface area contributed by atoms with Crippen LogP contribution in [0.3, 0.4) is 0 Å². The number of carbonyl (C=O) groups excluding carboxylic acids is 1. The van der Waals surface area contributed by atoms with E-state index in [1.165, 1.54) is 0 Å². The molecule has 0 heterocycles. The average molecular weight is 363 g/mol. The number of carbonyl (C=O) groups is 1. The molecule has 0 saturated heterocycles. The lowest BCUT2D eigenvalue weighted by molar-refractivity contribution is -0.118. The van der Waals surface area contributed by atoms with Crippen LogP contribution in [0.4, 0.5) is 11.4 Å². The van der Waals surface area contributed by atoms with Crippen LogP contribution in [0, 0.1) is 20.8 Å². The highest BCUT2D eigenvalue weighted by atomic mass is 79.9. The fraction of sp³-hybridized carbons (Fsp3) is 0.235. The molecule has 0 bridgehead atoms. The summed E-state index contributed by atoms with van der Waals surface area (Å²) < 4.78 is 6.33. The molecule has 0 aliphatic carbocycles. The van der Waals surface area contributed by atoms with Crippen molar-refractivity contribution in [2.75, 3.05) is 17.7 Å². The predicted octanol–water partition coefficient (Wildman–Crippen LogP) is 3.97. The number of hydrogen-bond acceptors (Lipinski definition) is 3. The topological polar surface area (TPSA) is 64.3 Å². The molecule has 22 heavy (non-hydrogen) atoms. The van der Waals surface area contributed by atoms with E-state index in [-0.39, 0.29) is 12.5 Å². The van der Waals surface area contributed by atoms with Crippen LogP contribution in [-0.2, 0) is 4.79 Å². The largest absolute Gasteiger partial charge is 0.483 e. The number of amides is 1. The van der Waals surface area contributed by atoms with Gasteiger partial charge in [0.25, 0.3) is 5.91 Å². The van der Waals surface area contributed by atoms with Crippen molar-refractivity contribution in [3.63, 3.8) is 0 Å². The number of nitrogens with two attached hydrogens (primary N) is 1. The number of nitrogen functional groups attached to an aromatic ring is 1. The molecule has 0 radical (unpaired) electrons. The molecule has 2 aromatic carbocycles.